The molecule has 0 aliphatic carbocycles. The molecule has 106 valence electrons. The van der Waals surface area contributed by atoms with Crippen LogP contribution in [0.3, 0.4) is 0 Å². The summed E-state index contributed by atoms with van der Waals surface area (Å²) in [6, 6.07) is 11.8. The lowest BCUT2D eigenvalue weighted by Gasteiger charge is -2.07. The normalized spacial score (nSPS) is 11.0. The molecule has 0 fully saturated rings. The van der Waals surface area contributed by atoms with Crippen LogP contribution in [0.5, 0.6) is 0 Å². The molecule has 0 atom stereocenters. The van der Waals surface area contributed by atoms with Gasteiger partial charge >= 0.3 is 0 Å². The van der Waals surface area contributed by atoms with Crippen molar-refractivity contribution in [2.24, 2.45) is 0 Å². The van der Waals surface area contributed by atoms with Crippen LogP contribution in [0, 0.1) is 0 Å². The fourth-order valence-corrected chi connectivity index (χ4v) is 2.77. The van der Waals surface area contributed by atoms with Gasteiger partial charge in [-0.05, 0) is 18.6 Å². The molecule has 0 unspecified atom stereocenters. The van der Waals surface area contributed by atoms with Crippen LogP contribution in [-0.2, 0) is 6.42 Å². The molecule has 0 radical (unpaired) electrons. The van der Waals surface area contributed by atoms with Gasteiger partial charge in [-0.1, -0.05) is 60.8 Å². The predicted octanol–water partition coefficient (Wildman–Crippen LogP) is 4.95. The number of aromatic nitrogens is 3. The number of benzene rings is 1. The molecule has 0 aliphatic heterocycles. The topological polar surface area (TPSA) is 38.7 Å². The highest BCUT2D eigenvalue weighted by atomic mass is 35.5. The third-order valence-electron chi connectivity index (χ3n) is 3.23. The van der Waals surface area contributed by atoms with Gasteiger partial charge in [0.25, 0.3) is 0 Å². The SMILES string of the molecule is CCCc1c(Cl)nc(-c2ccc3ccccc3n2)nc1Cl. The Kier molecular flexibility index (Phi) is 4.04. The summed E-state index contributed by atoms with van der Waals surface area (Å²) >= 11 is 12.4. The monoisotopic (exact) mass is 317 g/mol. The van der Waals surface area contributed by atoms with Crippen LogP contribution in [0.1, 0.15) is 18.9 Å². The Morgan fingerprint density at radius 2 is 1.62 bits per heavy atom. The number of hydrogen-bond donors (Lipinski definition) is 0. The van der Waals surface area contributed by atoms with Crippen LogP contribution < -0.4 is 0 Å². The summed E-state index contributed by atoms with van der Waals surface area (Å²) in [6.45, 7) is 2.06. The van der Waals surface area contributed by atoms with E-state index in [0.717, 1.165) is 29.3 Å². The minimum absolute atomic E-state index is 0.404. The van der Waals surface area contributed by atoms with E-state index >= 15 is 0 Å². The summed E-state index contributed by atoms with van der Waals surface area (Å²) < 4.78 is 0. The lowest BCUT2D eigenvalue weighted by atomic mass is 10.2. The number of nitrogens with zero attached hydrogens (tertiary/aromatic N) is 3. The second-order valence-corrected chi connectivity index (χ2v) is 5.46. The van der Waals surface area contributed by atoms with Crippen molar-refractivity contribution >= 4 is 34.1 Å². The molecule has 3 rings (SSSR count). The Morgan fingerprint density at radius 1 is 0.905 bits per heavy atom. The smallest absolute Gasteiger partial charge is 0.181 e. The second kappa shape index (κ2) is 5.96. The van der Waals surface area contributed by atoms with E-state index in [1.807, 2.05) is 36.4 Å². The van der Waals surface area contributed by atoms with Crippen molar-refractivity contribution in [2.75, 3.05) is 0 Å². The zero-order chi connectivity index (χ0) is 14.8. The summed E-state index contributed by atoms with van der Waals surface area (Å²) in [4.78, 5) is 13.2. The number of halogens is 2. The van der Waals surface area contributed by atoms with E-state index in [1.165, 1.54) is 0 Å². The zero-order valence-corrected chi connectivity index (χ0v) is 13.0. The highest BCUT2D eigenvalue weighted by Crippen LogP contribution is 2.26. The molecular weight excluding hydrogens is 305 g/mol. The van der Waals surface area contributed by atoms with Crippen molar-refractivity contribution in [1.29, 1.82) is 0 Å². The largest absolute Gasteiger partial charge is 0.244 e. The van der Waals surface area contributed by atoms with Crippen molar-refractivity contribution < 1.29 is 0 Å². The number of fused-ring (bicyclic) bond motifs is 1. The average molecular weight is 318 g/mol. The van der Waals surface area contributed by atoms with Gasteiger partial charge in [0.15, 0.2) is 5.82 Å². The van der Waals surface area contributed by atoms with E-state index < -0.39 is 0 Å². The fraction of sp³-hybridized carbons (Fsp3) is 0.188. The summed E-state index contributed by atoms with van der Waals surface area (Å²) in [5, 5.41) is 1.88. The molecule has 3 aromatic rings. The first-order valence-electron chi connectivity index (χ1n) is 6.77. The van der Waals surface area contributed by atoms with Crippen molar-refractivity contribution in [1.82, 2.24) is 15.0 Å². The summed E-state index contributed by atoms with van der Waals surface area (Å²) in [7, 11) is 0. The highest BCUT2D eigenvalue weighted by molar-refractivity contribution is 6.34. The number of pyridine rings is 1. The Labute approximate surface area is 133 Å². The van der Waals surface area contributed by atoms with Crippen molar-refractivity contribution in [3.63, 3.8) is 0 Å². The predicted molar refractivity (Wildman–Crippen MR) is 86.8 cm³/mol. The van der Waals surface area contributed by atoms with Gasteiger partial charge in [0.2, 0.25) is 0 Å². The van der Waals surface area contributed by atoms with E-state index in [2.05, 4.69) is 21.9 Å². The molecule has 21 heavy (non-hydrogen) atoms. The molecule has 2 heterocycles. The van der Waals surface area contributed by atoms with Crippen LogP contribution >= 0.6 is 23.2 Å². The minimum atomic E-state index is 0.404. The number of para-hydroxylation sites is 1. The fourth-order valence-electron chi connectivity index (χ4n) is 2.19. The van der Waals surface area contributed by atoms with Crippen LogP contribution in [0.15, 0.2) is 36.4 Å². The third-order valence-corrected chi connectivity index (χ3v) is 3.86. The van der Waals surface area contributed by atoms with Gasteiger partial charge in [0, 0.05) is 10.9 Å². The van der Waals surface area contributed by atoms with Gasteiger partial charge < -0.3 is 0 Å². The van der Waals surface area contributed by atoms with Crippen molar-refractivity contribution in [2.45, 2.75) is 19.8 Å². The Bertz CT molecular complexity index is 779. The molecule has 2 aromatic heterocycles. The first-order valence-corrected chi connectivity index (χ1v) is 7.52. The summed E-state index contributed by atoms with van der Waals surface area (Å²) in [5.74, 6) is 0.454. The Morgan fingerprint density at radius 3 is 2.33 bits per heavy atom. The first-order chi connectivity index (χ1) is 10.2. The minimum Gasteiger partial charge on any atom is -0.244 e. The van der Waals surface area contributed by atoms with Crippen molar-refractivity contribution in [3.05, 3.63) is 52.3 Å². The third kappa shape index (κ3) is 2.85. The van der Waals surface area contributed by atoms with Crippen LogP contribution in [0.2, 0.25) is 10.3 Å². The van der Waals surface area contributed by atoms with E-state index in [-0.39, 0.29) is 0 Å². The van der Waals surface area contributed by atoms with E-state index in [1.54, 1.807) is 0 Å². The molecule has 0 aliphatic rings. The van der Waals surface area contributed by atoms with Gasteiger partial charge in [-0.3, -0.25) is 0 Å². The van der Waals surface area contributed by atoms with E-state index in [0.29, 0.717) is 21.8 Å². The van der Waals surface area contributed by atoms with Crippen LogP contribution in [-0.4, -0.2) is 15.0 Å². The molecule has 0 saturated carbocycles. The standard InChI is InChI=1S/C16H13Cl2N3/c1-2-5-11-14(17)20-16(21-15(11)18)13-9-8-10-6-3-4-7-12(10)19-13/h3-4,6-9H,2,5H2,1H3. The molecular formula is C16H13Cl2N3. The molecule has 0 amide bonds. The average Bonchev–Trinajstić information content (AvgIpc) is 2.50. The van der Waals surface area contributed by atoms with Gasteiger partial charge in [0.1, 0.15) is 16.0 Å². The highest BCUT2D eigenvalue weighted by Gasteiger charge is 2.13. The summed E-state index contributed by atoms with van der Waals surface area (Å²) in [5.41, 5.74) is 2.36. The molecule has 0 spiro atoms. The van der Waals surface area contributed by atoms with Gasteiger partial charge in [-0.2, -0.15) is 0 Å². The van der Waals surface area contributed by atoms with E-state index in [4.69, 9.17) is 23.2 Å². The van der Waals surface area contributed by atoms with Gasteiger partial charge in [-0.15, -0.1) is 0 Å². The molecule has 0 N–H and O–H groups in total. The Hall–Kier alpha value is -1.71. The van der Waals surface area contributed by atoms with Crippen LogP contribution in [0.25, 0.3) is 22.4 Å². The number of rotatable bonds is 3. The van der Waals surface area contributed by atoms with Crippen molar-refractivity contribution in [3.8, 4) is 11.5 Å². The quantitative estimate of drug-likeness (QED) is 0.641. The summed E-state index contributed by atoms with van der Waals surface area (Å²) in [6.07, 6.45) is 1.71. The van der Waals surface area contributed by atoms with Gasteiger partial charge in [0.05, 0.1) is 5.52 Å². The first kappa shape index (κ1) is 14.2. The maximum absolute atomic E-state index is 6.22. The van der Waals surface area contributed by atoms with Gasteiger partial charge in [-0.25, -0.2) is 15.0 Å². The number of hydrogen-bond acceptors (Lipinski definition) is 3. The molecule has 0 bridgehead atoms. The Balaban J connectivity index is 2.10. The molecule has 5 heteroatoms. The van der Waals surface area contributed by atoms with E-state index in [9.17, 15) is 0 Å². The molecule has 3 nitrogen and oxygen atoms in total. The lowest BCUT2D eigenvalue weighted by Crippen LogP contribution is -1.98. The lowest BCUT2D eigenvalue weighted by molar-refractivity contribution is 0.902. The zero-order valence-electron chi connectivity index (χ0n) is 11.5. The molecule has 0 saturated heterocycles. The molecule has 1 aromatic carbocycles. The second-order valence-electron chi connectivity index (χ2n) is 4.75. The maximum Gasteiger partial charge on any atom is 0.181 e. The maximum atomic E-state index is 6.22. The van der Waals surface area contributed by atoms with Crippen LogP contribution in [0.4, 0.5) is 0 Å².